The first-order valence-corrected chi connectivity index (χ1v) is 8.67. The largest absolute Gasteiger partial charge is 0.494 e. The van der Waals surface area contributed by atoms with Crippen molar-refractivity contribution in [2.45, 2.75) is 19.4 Å². The summed E-state index contributed by atoms with van der Waals surface area (Å²) in [7, 11) is 0. The van der Waals surface area contributed by atoms with Gasteiger partial charge >= 0.3 is 0 Å². The lowest BCUT2D eigenvalue weighted by atomic mass is 10.0. The van der Waals surface area contributed by atoms with Gasteiger partial charge in [0.05, 0.1) is 19.3 Å². The smallest absolute Gasteiger partial charge is 0.244 e. The monoisotopic (exact) mass is 357 g/mol. The van der Waals surface area contributed by atoms with E-state index in [0.717, 1.165) is 29.0 Å². The predicted molar refractivity (Wildman–Crippen MR) is 99.1 cm³/mol. The van der Waals surface area contributed by atoms with Gasteiger partial charge < -0.3 is 14.8 Å². The third-order valence-corrected chi connectivity index (χ3v) is 4.18. The first-order valence-electron chi connectivity index (χ1n) is 8.29. The minimum atomic E-state index is -0.147. The van der Waals surface area contributed by atoms with E-state index < -0.39 is 0 Å². The van der Waals surface area contributed by atoms with Crippen LogP contribution in [0.4, 0.5) is 0 Å². The normalized spacial score (nSPS) is 16.2. The third kappa shape index (κ3) is 4.54. The van der Waals surface area contributed by atoms with Crippen molar-refractivity contribution < 1.29 is 14.3 Å². The van der Waals surface area contributed by atoms with Crippen LogP contribution < -0.4 is 14.8 Å². The molecule has 0 spiro atoms. The molecule has 1 aliphatic rings. The van der Waals surface area contributed by atoms with Gasteiger partial charge in [0.25, 0.3) is 0 Å². The van der Waals surface area contributed by atoms with Crippen LogP contribution in [0.2, 0.25) is 5.02 Å². The van der Waals surface area contributed by atoms with Crippen molar-refractivity contribution in [2.75, 3.05) is 13.2 Å². The van der Waals surface area contributed by atoms with Crippen molar-refractivity contribution in [3.63, 3.8) is 0 Å². The molecule has 2 aromatic carbocycles. The van der Waals surface area contributed by atoms with Crippen LogP contribution in [0.1, 0.15) is 30.5 Å². The molecular formula is C20H20ClNO3. The third-order valence-electron chi connectivity index (χ3n) is 3.95. The Hall–Kier alpha value is -2.46. The maximum atomic E-state index is 12.3. The minimum absolute atomic E-state index is 0.0973. The molecule has 5 heteroatoms. The molecule has 0 fully saturated rings. The molecule has 1 amide bonds. The Morgan fingerprint density at radius 1 is 1.32 bits per heavy atom. The molecular weight excluding hydrogens is 338 g/mol. The molecule has 1 N–H and O–H groups in total. The predicted octanol–water partition coefficient (Wildman–Crippen LogP) is 4.39. The number of carbonyl (C=O) groups excluding carboxylic acids is 1. The van der Waals surface area contributed by atoms with Crippen LogP contribution in [-0.2, 0) is 4.79 Å². The number of hydrogen-bond acceptors (Lipinski definition) is 3. The van der Waals surface area contributed by atoms with Crippen LogP contribution >= 0.6 is 11.6 Å². The van der Waals surface area contributed by atoms with E-state index >= 15 is 0 Å². The fourth-order valence-electron chi connectivity index (χ4n) is 2.75. The summed E-state index contributed by atoms with van der Waals surface area (Å²) in [5, 5.41) is 3.65. The summed E-state index contributed by atoms with van der Waals surface area (Å²) < 4.78 is 11.0. The lowest BCUT2D eigenvalue weighted by Gasteiger charge is -2.26. The topological polar surface area (TPSA) is 47.6 Å². The molecule has 0 saturated heterocycles. The van der Waals surface area contributed by atoms with Crippen LogP contribution in [-0.4, -0.2) is 19.1 Å². The van der Waals surface area contributed by atoms with Crippen LogP contribution in [0.15, 0.2) is 48.5 Å². The Morgan fingerprint density at radius 3 is 2.88 bits per heavy atom. The van der Waals surface area contributed by atoms with E-state index in [1.165, 1.54) is 6.08 Å². The van der Waals surface area contributed by atoms with E-state index in [1.807, 2.05) is 43.3 Å². The first kappa shape index (κ1) is 17.4. The van der Waals surface area contributed by atoms with Gasteiger partial charge in [0, 0.05) is 23.1 Å². The lowest BCUT2D eigenvalue weighted by molar-refractivity contribution is -0.117. The molecule has 1 atom stereocenters. The number of rotatable bonds is 5. The number of halogens is 1. The molecule has 25 heavy (non-hydrogen) atoms. The van der Waals surface area contributed by atoms with Gasteiger partial charge in [-0.25, -0.2) is 0 Å². The zero-order valence-corrected chi connectivity index (χ0v) is 14.8. The van der Waals surface area contributed by atoms with Crippen LogP contribution in [0, 0.1) is 0 Å². The van der Waals surface area contributed by atoms with Gasteiger partial charge in [0.1, 0.15) is 11.5 Å². The van der Waals surface area contributed by atoms with E-state index in [4.69, 9.17) is 21.1 Å². The highest BCUT2D eigenvalue weighted by Crippen LogP contribution is 2.33. The summed E-state index contributed by atoms with van der Waals surface area (Å²) in [4.78, 5) is 12.3. The van der Waals surface area contributed by atoms with E-state index in [9.17, 15) is 4.79 Å². The fourth-order valence-corrected chi connectivity index (χ4v) is 2.93. The standard InChI is InChI=1S/C20H20ClNO3/c1-2-24-16-7-3-14(4-8-16)5-10-20(23)22-18-11-12-25-19-9-6-15(21)13-17(18)19/h3-10,13,18H,2,11-12H2,1H3,(H,22,23)/b10-5+. The lowest BCUT2D eigenvalue weighted by Crippen LogP contribution is -2.30. The number of ether oxygens (including phenoxy) is 2. The molecule has 0 radical (unpaired) electrons. The molecule has 0 aliphatic carbocycles. The maximum absolute atomic E-state index is 12.3. The van der Waals surface area contributed by atoms with Crippen molar-refractivity contribution in [3.05, 3.63) is 64.7 Å². The van der Waals surface area contributed by atoms with Gasteiger partial charge in [-0.2, -0.15) is 0 Å². The molecule has 0 aromatic heterocycles. The van der Waals surface area contributed by atoms with Crippen molar-refractivity contribution in [2.24, 2.45) is 0 Å². The second-order valence-corrected chi connectivity index (χ2v) is 6.15. The molecule has 2 aromatic rings. The summed E-state index contributed by atoms with van der Waals surface area (Å²) in [6, 6.07) is 13.0. The molecule has 0 saturated carbocycles. The molecule has 1 unspecified atom stereocenters. The summed E-state index contributed by atoms with van der Waals surface area (Å²) in [5.74, 6) is 1.45. The Labute approximate surface area is 152 Å². The van der Waals surface area contributed by atoms with Gasteiger partial charge in [-0.1, -0.05) is 23.7 Å². The zero-order valence-electron chi connectivity index (χ0n) is 14.0. The van der Waals surface area contributed by atoms with Gasteiger partial charge in [0.2, 0.25) is 5.91 Å². The van der Waals surface area contributed by atoms with Crippen LogP contribution in [0.25, 0.3) is 6.08 Å². The number of fused-ring (bicyclic) bond motifs is 1. The maximum Gasteiger partial charge on any atom is 0.244 e. The van der Waals surface area contributed by atoms with Gasteiger partial charge in [-0.3, -0.25) is 4.79 Å². The van der Waals surface area contributed by atoms with Crippen molar-refractivity contribution in [1.29, 1.82) is 0 Å². The SMILES string of the molecule is CCOc1ccc(/C=C/C(=O)NC2CCOc3ccc(Cl)cc32)cc1. The number of benzene rings is 2. The Bertz CT molecular complexity index is 771. The van der Waals surface area contributed by atoms with Crippen molar-refractivity contribution in [3.8, 4) is 11.5 Å². The Morgan fingerprint density at radius 2 is 2.12 bits per heavy atom. The van der Waals surface area contributed by atoms with Gasteiger partial charge in [-0.15, -0.1) is 0 Å². The zero-order chi connectivity index (χ0) is 17.6. The van der Waals surface area contributed by atoms with E-state index in [0.29, 0.717) is 18.2 Å². The van der Waals surface area contributed by atoms with Crippen LogP contribution in [0.5, 0.6) is 11.5 Å². The molecule has 4 nitrogen and oxygen atoms in total. The average molecular weight is 358 g/mol. The van der Waals surface area contributed by atoms with Gasteiger partial charge in [0.15, 0.2) is 0 Å². The Balaban J connectivity index is 1.64. The quantitative estimate of drug-likeness (QED) is 0.807. The number of nitrogens with one attached hydrogen (secondary N) is 1. The highest BCUT2D eigenvalue weighted by molar-refractivity contribution is 6.30. The van der Waals surface area contributed by atoms with Crippen LogP contribution in [0.3, 0.4) is 0 Å². The summed E-state index contributed by atoms with van der Waals surface area (Å²) in [6.45, 7) is 3.15. The van der Waals surface area contributed by atoms with Gasteiger partial charge in [-0.05, 0) is 48.9 Å². The van der Waals surface area contributed by atoms with Crippen molar-refractivity contribution in [1.82, 2.24) is 5.32 Å². The van der Waals surface area contributed by atoms with E-state index in [-0.39, 0.29) is 11.9 Å². The average Bonchev–Trinajstić information content (AvgIpc) is 2.62. The molecule has 1 aliphatic heterocycles. The number of amides is 1. The number of hydrogen-bond donors (Lipinski definition) is 1. The van der Waals surface area contributed by atoms with Crippen molar-refractivity contribution >= 4 is 23.6 Å². The van der Waals surface area contributed by atoms with E-state index in [1.54, 1.807) is 12.1 Å². The minimum Gasteiger partial charge on any atom is -0.494 e. The molecule has 130 valence electrons. The second-order valence-electron chi connectivity index (χ2n) is 5.72. The fraction of sp³-hybridized carbons (Fsp3) is 0.250. The summed E-state index contributed by atoms with van der Waals surface area (Å²) >= 11 is 6.06. The molecule has 3 rings (SSSR count). The highest BCUT2D eigenvalue weighted by atomic mass is 35.5. The summed E-state index contributed by atoms with van der Waals surface area (Å²) in [6.07, 6.45) is 4.04. The summed E-state index contributed by atoms with van der Waals surface area (Å²) in [5.41, 5.74) is 1.86. The Kier molecular flexibility index (Phi) is 5.61. The first-order chi connectivity index (χ1) is 12.2. The highest BCUT2D eigenvalue weighted by Gasteiger charge is 2.22. The number of carbonyl (C=O) groups is 1. The molecule has 1 heterocycles. The second kappa shape index (κ2) is 8.08. The molecule has 0 bridgehead atoms. The van der Waals surface area contributed by atoms with E-state index in [2.05, 4.69) is 5.32 Å².